The zero-order valence-electron chi connectivity index (χ0n) is 5.94. The van der Waals surface area contributed by atoms with Crippen LogP contribution in [0.1, 0.15) is 20.3 Å². The highest BCUT2D eigenvalue weighted by atomic mass is 19.4. The van der Waals surface area contributed by atoms with E-state index in [1.807, 2.05) is 0 Å². The Kier molecular flexibility index (Phi) is 3.15. The minimum atomic E-state index is -4.27. The molecule has 1 N–H and O–H groups in total. The first-order valence-corrected chi connectivity index (χ1v) is 3.14. The number of rotatable bonds is 2. The van der Waals surface area contributed by atoms with E-state index in [-0.39, 0.29) is 6.42 Å². The van der Waals surface area contributed by atoms with Gasteiger partial charge in [0.1, 0.15) is 0 Å². The van der Waals surface area contributed by atoms with Gasteiger partial charge in [-0.3, -0.25) is 0 Å². The number of hydrogen-bond donors (Lipinski definition) is 1. The maximum atomic E-state index is 11.7. The van der Waals surface area contributed by atoms with E-state index < -0.39 is 18.2 Å². The van der Waals surface area contributed by atoms with E-state index in [9.17, 15) is 13.2 Å². The molecule has 0 saturated heterocycles. The molecule has 0 heterocycles. The first-order valence-electron chi connectivity index (χ1n) is 3.14. The van der Waals surface area contributed by atoms with Crippen molar-refractivity contribution in [2.24, 2.45) is 5.92 Å². The molecule has 2 atom stereocenters. The van der Waals surface area contributed by atoms with Crippen LogP contribution >= 0.6 is 0 Å². The molecule has 4 heteroatoms. The number of aliphatic hydroxyl groups excluding tert-OH is 1. The van der Waals surface area contributed by atoms with Gasteiger partial charge in [-0.25, -0.2) is 0 Å². The molecule has 0 saturated carbocycles. The van der Waals surface area contributed by atoms with Gasteiger partial charge in [0.05, 0.1) is 12.0 Å². The van der Waals surface area contributed by atoms with Crippen molar-refractivity contribution in [2.45, 2.75) is 32.5 Å². The lowest BCUT2D eigenvalue weighted by atomic mass is 10.0. The Morgan fingerprint density at radius 3 is 1.90 bits per heavy atom. The van der Waals surface area contributed by atoms with Crippen molar-refractivity contribution >= 4 is 0 Å². The second-order valence-electron chi connectivity index (χ2n) is 2.31. The fourth-order valence-corrected chi connectivity index (χ4v) is 0.572. The number of aliphatic hydroxyl groups is 1. The van der Waals surface area contributed by atoms with Crippen LogP contribution in [0, 0.1) is 5.92 Å². The molecule has 2 unspecified atom stereocenters. The predicted octanol–water partition coefficient (Wildman–Crippen LogP) is 1.96. The molecule has 0 aromatic heterocycles. The van der Waals surface area contributed by atoms with Crippen molar-refractivity contribution in [3.05, 3.63) is 0 Å². The van der Waals surface area contributed by atoms with Gasteiger partial charge in [-0.2, -0.15) is 13.2 Å². The van der Waals surface area contributed by atoms with E-state index in [0.29, 0.717) is 0 Å². The zero-order chi connectivity index (χ0) is 8.36. The first kappa shape index (κ1) is 9.75. The van der Waals surface area contributed by atoms with Crippen molar-refractivity contribution in [1.29, 1.82) is 0 Å². The molecule has 0 spiro atoms. The van der Waals surface area contributed by atoms with E-state index in [0.717, 1.165) is 6.92 Å². The van der Waals surface area contributed by atoms with Crippen molar-refractivity contribution in [1.82, 2.24) is 0 Å². The van der Waals surface area contributed by atoms with Crippen LogP contribution < -0.4 is 0 Å². The largest absolute Gasteiger partial charge is 0.394 e. The summed E-state index contributed by atoms with van der Waals surface area (Å²) in [6, 6.07) is 0. The third-order valence-electron chi connectivity index (χ3n) is 1.51. The minimum Gasteiger partial charge on any atom is -0.393 e. The average molecular weight is 156 g/mol. The summed E-state index contributed by atoms with van der Waals surface area (Å²) in [6.07, 6.45) is -5.39. The first-order chi connectivity index (χ1) is 4.39. The smallest absolute Gasteiger partial charge is 0.393 e. The molecule has 0 aliphatic rings. The Balaban J connectivity index is 3.94. The molecule has 0 radical (unpaired) electrons. The summed E-state index contributed by atoms with van der Waals surface area (Å²) < 4.78 is 35.2. The molecule has 0 fully saturated rings. The summed E-state index contributed by atoms with van der Waals surface area (Å²) in [7, 11) is 0. The molecule has 0 aromatic rings. The number of hydrogen-bond acceptors (Lipinski definition) is 1. The maximum Gasteiger partial charge on any atom is 0.394 e. The Hall–Kier alpha value is -0.250. The molecule has 0 aromatic carbocycles. The standard InChI is InChI=1S/C6H11F3O/c1-3-5(10)4(2)6(7,8)9/h4-5,10H,3H2,1-2H3. The van der Waals surface area contributed by atoms with Crippen LogP contribution in [-0.4, -0.2) is 17.4 Å². The van der Waals surface area contributed by atoms with Crippen molar-refractivity contribution in [3.63, 3.8) is 0 Å². The zero-order valence-corrected chi connectivity index (χ0v) is 5.94. The lowest BCUT2D eigenvalue weighted by molar-refractivity contribution is -0.194. The molecular weight excluding hydrogens is 145 g/mol. The summed E-state index contributed by atoms with van der Waals surface area (Å²) in [5.41, 5.74) is 0. The van der Waals surface area contributed by atoms with Crippen molar-refractivity contribution in [3.8, 4) is 0 Å². The summed E-state index contributed by atoms with van der Waals surface area (Å²) in [5, 5.41) is 8.74. The quantitative estimate of drug-likeness (QED) is 0.647. The third-order valence-corrected chi connectivity index (χ3v) is 1.51. The second kappa shape index (κ2) is 3.23. The second-order valence-corrected chi connectivity index (χ2v) is 2.31. The molecule has 0 aliphatic heterocycles. The van der Waals surface area contributed by atoms with Gasteiger partial charge in [0.2, 0.25) is 0 Å². The SMILES string of the molecule is CCC(O)C(C)C(F)(F)F. The van der Waals surface area contributed by atoms with E-state index in [1.54, 1.807) is 0 Å². The fourth-order valence-electron chi connectivity index (χ4n) is 0.572. The van der Waals surface area contributed by atoms with Crippen LogP contribution in [0.4, 0.5) is 13.2 Å². The van der Waals surface area contributed by atoms with E-state index in [4.69, 9.17) is 5.11 Å². The number of alkyl halides is 3. The van der Waals surface area contributed by atoms with Gasteiger partial charge in [0, 0.05) is 0 Å². The van der Waals surface area contributed by atoms with Gasteiger partial charge >= 0.3 is 6.18 Å². The fraction of sp³-hybridized carbons (Fsp3) is 1.00. The highest BCUT2D eigenvalue weighted by Crippen LogP contribution is 2.29. The summed E-state index contributed by atoms with van der Waals surface area (Å²) in [4.78, 5) is 0. The highest BCUT2D eigenvalue weighted by molar-refractivity contribution is 4.69. The van der Waals surface area contributed by atoms with Crippen LogP contribution in [0.3, 0.4) is 0 Å². The van der Waals surface area contributed by atoms with Gasteiger partial charge in [-0.15, -0.1) is 0 Å². The van der Waals surface area contributed by atoms with E-state index in [2.05, 4.69) is 0 Å². The Morgan fingerprint density at radius 2 is 1.80 bits per heavy atom. The Labute approximate surface area is 57.9 Å². The normalized spacial score (nSPS) is 18.6. The molecule has 0 rings (SSSR count). The van der Waals surface area contributed by atoms with Crippen LogP contribution in [0.15, 0.2) is 0 Å². The van der Waals surface area contributed by atoms with E-state index in [1.165, 1.54) is 6.92 Å². The van der Waals surface area contributed by atoms with Crippen molar-refractivity contribution in [2.75, 3.05) is 0 Å². The minimum absolute atomic E-state index is 0.140. The summed E-state index contributed by atoms with van der Waals surface area (Å²) >= 11 is 0. The maximum absolute atomic E-state index is 11.7. The topological polar surface area (TPSA) is 20.2 Å². The van der Waals surface area contributed by atoms with Crippen molar-refractivity contribution < 1.29 is 18.3 Å². The molecule has 62 valence electrons. The Morgan fingerprint density at radius 1 is 1.40 bits per heavy atom. The molecule has 10 heavy (non-hydrogen) atoms. The molecular formula is C6H11F3O. The highest BCUT2D eigenvalue weighted by Gasteiger charge is 2.39. The van der Waals surface area contributed by atoms with Gasteiger partial charge in [0.25, 0.3) is 0 Å². The van der Waals surface area contributed by atoms with Crippen LogP contribution in [-0.2, 0) is 0 Å². The lowest BCUT2D eigenvalue weighted by Gasteiger charge is -2.19. The van der Waals surface area contributed by atoms with Gasteiger partial charge in [-0.05, 0) is 6.42 Å². The van der Waals surface area contributed by atoms with Gasteiger partial charge < -0.3 is 5.11 Å². The van der Waals surface area contributed by atoms with Crippen LogP contribution in [0.2, 0.25) is 0 Å². The van der Waals surface area contributed by atoms with Gasteiger partial charge in [-0.1, -0.05) is 13.8 Å². The monoisotopic (exact) mass is 156 g/mol. The lowest BCUT2D eigenvalue weighted by Crippen LogP contribution is -2.30. The summed E-state index contributed by atoms with van der Waals surface area (Å²) in [6.45, 7) is 2.50. The molecule has 1 nitrogen and oxygen atoms in total. The number of halogens is 3. The van der Waals surface area contributed by atoms with Crippen LogP contribution in [0.25, 0.3) is 0 Å². The molecule has 0 aliphatic carbocycles. The third kappa shape index (κ3) is 2.56. The van der Waals surface area contributed by atoms with Gasteiger partial charge in [0.15, 0.2) is 0 Å². The molecule has 0 bridgehead atoms. The van der Waals surface area contributed by atoms with E-state index >= 15 is 0 Å². The average Bonchev–Trinajstić information content (AvgIpc) is 1.83. The Bertz CT molecular complexity index is 99.7. The van der Waals surface area contributed by atoms with Crippen LogP contribution in [0.5, 0.6) is 0 Å². The molecule has 0 amide bonds. The predicted molar refractivity (Wildman–Crippen MR) is 31.5 cm³/mol. The summed E-state index contributed by atoms with van der Waals surface area (Å²) in [5.74, 6) is -1.61.